The van der Waals surface area contributed by atoms with Gasteiger partial charge in [0.25, 0.3) is 0 Å². The summed E-state index contributed by atoms with van der Waals surface area (Å²) >= 11 is 4.94. The van der Waals surface area contributed by atoms with E-state index in [1.165, 1.54) is 18.4 Å². The van der Waals surface area contributed by atoms with Gasteiger partial charge in [-0.25, -0.2) is 0 Å². The Hall–Kier alpha value is -0.970. The molecule has 1 aliphatic heterocycles. The van der Waals surface area contributed by atoms with Gasteiger partial charge in [-0.1, -0.05) is 42.5 Å². The van der Waals surface area contributed by atoms with Crippen LogP contribution in [0.3, 0.4) is 0 Å². The van der Waals surface area contributed by atoms with Crippen molar-refractivity contribution >= 4 is 17.2 Å². The van der Waals surface area contributed by atoms with Crippen LogP contribution < -0.4 is 5.73 Å². The van der Waals surface area contributed by atoms with Crippen LogP contribution in [0, 0.1) is 5.92 Å². The molecule has 0 atom stereocenters. The summed E-state index contributed by atoms with van der Waals surface area (Å²) < 4.78 is 5.78. The molecule has 1 heterocycles. The average molecular weight is 292 g/mol. The lowest BCUT2D eigenvalue weighted by Gasteiger charge is -2.31. The molecule has 4 heteroatoms. The third kappa shape index (κ3) is 5.57. The van der Waals surface area contributed by atoms with Crippen LogP contribution in [0.1, 0.15) is 31.2 Å². The highest BCUT2D eigenvalue weighted by atomic mass is 32.1. The molecule has 1 aromatic rings. The number of ether oxygens (including phenoxy) is 1. The van der Waals surface area contributed by atoms with E-state index in [-0.39, 0.29) is 0 Å². The highest BCUT2D eigenvalue weighted by Crippen LogP contribution is 2.21. The van der Waals surface area contributed by atoms with E-state index in [9.17, 15) is 0 Å². The van der Waals surface area contributed by atoms with Crippen molar-refractivity contribution in [1.29, 1.82) is 0 Å². The number of hydrogen-bond donors (Lipinski definition) is 1. The Morgan fingerprint density at radius 1 is 1.25 bits per heavy atom. The summed E-state index contributed by atoms with van der Waals surface area (Å²) in [7, 11) is 0. The van der Waals surface area contributed by atoms with Gasteiger partial charge in [-0.2, -0.15) is 0 Å². The van der Waals surface area contributed by atoms with E-state index in [0.29, 0.717) is 11.6 Å². The molecular weight excluding hydrogens is 268 g/mol. The van der Waals surface area contributed by atoms with Crippen LogP contribution in [-0.4, -0.2) is 29.7 Å². The van der Waals surface area contributed by atoms with Crippen molar-refractivity contribution in [3.05, 3.63) is 35.9 Å². The van der Waals surface area contributed by atoms with E-state index in [2.05, 4.69) is 17.0 Å². The van der Waals surface area contributed by atoms with E-state index in [1.807, 2.05) is 18.2 Å². The zero-order valence-corrected chi connectivity index (χ0v) is 12.8. The molecule has 2 rings (SSSR count). The predicted octanol–water partition coefficient (Wildman–Crippen LogP) is 2.94. The number of rotatable bonds is 7. The second-order valence-electron chi connectivity index (χ2n) is 5.53. The van der Waals surface area contributed by atoms with E-state index < -0.39 is 0 Å². The number of piperidine rings is 1. The lowest BCUT2D eigenvalue weighted by atomic mass is 9.92. The summed E-state index contributed by atoms with van der Waals surface area (Å²) in [4.78, 5) is 3.04. The standard InChI is InChI=1S/C16H24N2OS/c17-16(20)7-6-14-8-10-18(11-9-14)13-19-12-15-4-2-1-3-5-15/h1-5,14H,6-13H2,(H2,17,20). The van der Waals surface area contributed by atoms with E-state index in [4.69, 9.17) is 22.7 Å². The summed E-state index contributed by atoms with van der Waals surface area (Å²) in [6, 6.07) is 10.3. The number of benzene rings is 1. The largest absolute Gasteiger partial charge is 0.393 e. The zero-order valence-electron chi connectivity index (χ0n) is 12.0. The van der Waals surface area contributed by atoms with Gasteiger partial charge in [-0.15, -0.1) is 0 Å². The fourth-order valence-corrected chi connectivity index (χ4v) is 2.74. The fraction of sp³-hybridized carbons (Fsp3) is 0.562. The van der Waals surface area contributed by atoms with E-state index >= 15 is 0 Å². The van der Waals surface area contributed by atoms with Gasteiger partial charge in [-0.3, -0.25) is 4.90 Å². The summed E-state index contributed by atoms with van der Waals surface area (Å²) in [5.74, 6) is 0.780. The molecule has 1 aromatic carbocycles. The summed E-state index contributed by atoms with van der Waals surface area (Å²) in [5, 5.41) is 0. The molecule has 3 nitrogen and oxygen atoms in total. The number of nitrogens with two attached hydrogens (primary N) is 1. The third-order valence-corrected chi connectivity index (χ3v) is 4.10. The van der Waals surface area contributed by atoms with Crippen LogP contribution in [0.5, 0.6) is 0 Å². The first kappa shape index (κ1) is 15.4. The third-order valence-electron chi connectivity index (χ3n) is 3.89. The summed E-state index contributed by atoms with van der Waals surface area (Å²) in [6.07, 6.45) is 4.51. The molecule has 1 aliphatic rings. The maximum absolute atomic E-state index is 5.78. The molecule has 0 bridgehead atoms. The van der Waals surface area contributed by atoms with Gasteiger partial charge in [-0.05, 0) is 37.2 Å². The first-order valence-electron chi connectivity index (χ1n) is 7.36. The minimum Gasteiger partial charge on any atom is -0.393 e. The number of likely N-dealkylation sites (tertiary alicyclic amines) is 1. The monoisotopic (exact) mass is 292 g/mol. The molecule has 20 heavy (non-hydrogen) atoms. The van der Waals surface area contributed by atoms with Gasteiger partial charge in [0.1, 0.15) is 0 Å². The lowest BCUT2D eigenvalue weighted by Crippen LogP contribution is -2.35. The number of hydrogen-bond acceptors (Lipinski definition) is 3. The maximum atomic E-state index is 5.78. The van der Waals surface area contributed by atoms with Crippen LogP contribution in [0.2, 0.25) is 0 Å². The number of thiocarbonyl (C=S) groups is 1. The van der Waals surface area contributed by atoms with Gasteiger partial charge in [0.2, 0.25) is 0 Å². The molecule has 1 fully saturated rings. The minimum absolute atomic E-state index is 0.652. The molecule has 0 amide bonds. The van der Waals surface area contributed by atoms with E-state index in [1.54, 1.807) is 0 Å². The van der Waals surface area contributed by atoms with Crippen molar-refractivity contribution in [2.24, 2.45) is 11.7 Å². The Bertz CT molecular complexity index is 402. The highest BCUT2D eigenvalue weighted by Gasteiger charge is 2.18. The predicted molar refractivity (Wildman–Crippen MR) is 86.4 cm³/mol. The first-order chi connectivity index (χ1) is 9.74. The SMILES string of the molecule is NC(=S)CCC1CCN(COCc2ccccc2)CC1. The van der Waals surface area contributed by atoms with E-state index in [0.717, 1.165) is 38.6 Å². The average Bonchev–Trinajstić information content (AvgIpc) is 2.47. The smallest absolute Gasteiger partial charge is 0.0994 e. The minimum atomic E-state index is 0.652. The summed E-state index contributed by atoms with van der Waals surface area (Å²) in [6.45, 7) is 3.67. The first-order valence-corrected chi connectivity index (χ1v) is 7.77. The molecule has 0 unspecified atom stereocenters. The van der Waals surface area contributed by atoms with Gasteiger partial charge in [0.05, 0.1) is 18.3 Å². The van der Waals surface area contributed by atoms with Gasteiger partial charge >= 0.3 is 0 Å². The Balaban J connectivity index is 1.59. The van der Waals surface area contributed by atoms with Crippen molar-refractivity contribution in [1.82, 2.24) is 4.90 Å². The van der Waals surface area contributed by atoms with Crippen molar-refractivity contribution < 1.29 is 4.74 Å². The molecule has 0 saturated carbocycles. The lowest BCUT2D eigenvalue weighted by molar-refractivity contribution is 0.00171. The second kappa shape index (κ2) is 8.35. The van der Waals surface area contributed by atoms with Crippen LogP contribution >= 0.6 is 12.2 Å². The van der Waals surface area contributed by atoms with Crippen LogP contribution in [-0.2, 0) is 11.3 Å². The quantitative estimate of drug-likeness (QED) is 0.784. The second-order valence-corrected chi connectivity index (χ2v) is 6.05. The summed E-state index contributed by atoms with van der Waals surface area (Å²) in [5.41, 5.74) is 6.79. The maximum Gasteiger partial charge on any atom is 0.0994 e. The highest BCUT2D eigenvalue weighted by molar-refractivity contribution is 7.80. The molecule has 2 N–H and O–H groups in total. The molecule has 0 aliphatic carbocycles. The molecule has 0 spiro atoms. The number of nitrogens with zero attached hydrogens (tertiary/aromatic N) is 1. The van der Waals surface area contributed by atoms with Gasteiger partial charge in [0, 0.05) is 13.1 Å². The Morgan fingerprint density at radius 2 is 1.95 bits per heavy atom. The zero-order chi connectivity index (χ0) is 14.2. The molecular formula is C16H24N2OS. The van der Waals surface area contributed by atoms with Crippen LogP contribution in [0.15, 0.2) is 30.3 Å². The van der Waals surface area contributed by atoms with Gasteiger partial charge < -0.3 is 10.5 Å². The van der Waals surface area contributed by atoms with Crippen LogP contribution in [0.25, 0.3) is 0 Å². The fourth-order valence-electron chi connectivity index (χ4n) is 2.62. The van der Waals surface area contributed by atoms with Crippen molar-refractivity contribution in [2.45, 2.75) is 32.3 Å². The molecule has 0 aromatic heterocycles. The normalized spacial score (nSPS) is 17.2. The van der Waals surface area contributed by atoms with Crippen molar-refractivity contribution in [3.8, 4) is 0 Å². The Morgan fingerprint density at radius 3 is 2.60 bits per heavy atom. The molecule has 0 radical (unpaired) electrons. The van der Waals surface area contributed by atoms with Crippen molar-refractivity contribution in [2.75, 3.05) is 19.8 Å². The molecule has 110 valence electrons. The Kier molecular flexibility index (Phi) is 6.43. The topological polar surface area (TPSA) is 38.5 Å². The molecule has 1 saturated heterocycles. The van der Waals surface area contributed by atoms with Crippen LogP contribution in [0.4, 0.5) is 0 Å². The van der Waals surface area contributed by atoms with Crippen molar-refractivity contribution in [3.63, 3.8) is 0 Å². The Labute approximate surface area is 127 Å². The van der Waals surface area contributed by atoms with Gasteiger partial charge in [0.15, 0.2) is 0 Å².